The number of amides is 1. The fourth-order valence-electron chi connectivity index (χ4n) is 2.39. The molecule has 1 heterocycles. The number of nitrogens with one attached hydrogen (secondary N) is 1. The lowest BCUT2D eigenvalue weighted by atomic mass is 10.2. The van der Waals surface area contributed by atoms with E-state index in [1.807, 2.05) is 36.4 Å². The smallest absolute Gasteiger partial charge is 0.262 e. The van der Waals surface area contributed by atoms with Crippen LogP contribution in [-0.2, 0) is 11.3 Å². The van der Waals surface area contributed by atoms with E-state index in [1.165, 1.54) is 18.2 Å². The van der Waals surface area contributed by atoms with E-state index < -0.39 is 5.91 Å². The molecule has 0 saturated heterocycles. The van der Waals surface area contributed by atoms with Crippen molar-refractivity contribution in [1.29, 1.82) is 5.26 Å². The van der Waals surface area contributed by atoms with Crippen LogP contribution < -0.4 is 5.32 Å². The molecular weight excluding hydrogens is 331 g/mol. The minimum atomic E-state index is -0.486. The Hall–Kier alpha value is -3.65. The number of hydrogen-bond acceptors (Lipinski definition) is 3. The first-order chi connectivity index (χ1) is 12.7. The fourth-order valence-corrected chi connectivity index (χ4v) is 2.39. The third-order valence-corrected chi connectivity index (χ3v) is 3.68. The summed E-state index contributed by atoms with van der Waals surface area (Å²) in [6, 6.07) is 20.6. The van der Waals surface area contributed by atoms with Gasteiger partial charge in [-0.1, -0.05) is 42.5 Å². The molecule has 1 N–H and O–H groups in total. The van der Waals surface area contributed by atoms with Crippen molar-refractivity contribution in [3.05, 3.63) is 89.4 Å². The molecule has 0 fully saturated rings. The highest BCUT2D eigenvalue weighted by Crippen LogP contribution is 2.24. The van der Waals surface area contributed by atoms with Crippen LogP contribution in [0.4, 0.5) is 4.39 Å². The van der Waals surface area contributed by atoms with Crippen molar-refractivity contribution < 1.29 is 13.6 Å². The predicted octanol–water partition coefficient (Wildman–Crippen LogP) is 4.31. The quantitative estimate of drug-likeness (QED) is 0.553. The van der Waals surface area contributed by atoms with Gasteiger partial charge in [0.25, 0.3) is 5.91 Å². The van der Waals surface area contributed by atoms with Crippen molar-refractivity contribution in [3.63, 3.8) is 0 Å². The van der Waals surface area contributed by atoms with Crippen molar-refractivity contribution in [2.75, 3.05) is 0 Å². The van der Waals surface area contributed by atoms with E-state index in [1.54, 1.807) is 24.3 Å². The molecule has 0 aliphatic rings. The van der Waals surface area contributed by atoms with Crippen molar-refractivity contribution in [3.8, 4) is 17.4 Å². The van der Waals surface area contributed by atoms with Gasteiger partial charge in [-0.25, -0.2) is 4.39 Å². The second-order valence-electron chi connectivity index (χ2n) is 5.55. The Kier molecular flexibility index (Phi) is 5.25. The molecule has 4 nitrogen and oxygen atoms in total. The summed E-state index contributed by atoms with van der Waals surface area (Å²) >= 11 is 0. The highest BCUT2D eigenvalue weighted by Gasteiger charge is 2.11. The monoisotopic (exact) mass is 346 g/mol. The van der Waals surface area contributed by atoms with Crippen LogP contribution in [0.1, 0.15) is 11.3 Å². The Balaban J connectivity index is 1.73. The summed E-state index contributed by atoms with van der Waals surface area (Å²) in [5.41, 5.74) is 1.45. The number of hydrogen-bond donors (Lipinski definition) is 1. The molecular formula is C21H15FN2O2. The van der Waals surface area contributed by atoms with E-state index in [0.29, 0.717) is 23.6 Å². The van der Waals surface area contributed by atoms with E-state index in [4.69, 9.17) is 4.42 Å². The number of nitriles is 1. The first-order valence-corrected chi connectivity index (χ1v) is 7.95. The Morgan fingerprint density at radius 1 is 1.12 bits per heavy atom. The Morgan fingerprint density at radius 2 is 1.92 bits per heavy atom. The topological polar surface area (TPSA) is 66.0 Å². The van der Waals surface area contributed by atoms with Gasteiger partial charge in [0.1, 0.15) is 29.0 Å². The molecule has 0 radical (unpaired) electrons. The molecule has 1 aromatic heterocycles. The van der Waals surface area contributed by atoms with Gasteiger partial charge >= 0.3 is 0 Å². The summed E-state index contributed by atoms with van der Waals surface area (Å²) in [5.74, 6) is -0.0533. The van der Waals surface area contributed by atoms with Crippen molar-refractivity contribution >= 4 is 12.0 Å². The maximum Gasteiger partial charge on any atom is 0.262 e. The van der Waals surface area contributed by atoms with E-state index >= 15 is 0 Å². The van der Waals surface area contributed by atoms with Crippen LogP contribution in [-0.4, -0.2) is 5.91 Å². The SMILES string of the molecule is N#C/C(=C/c1ccc(-c2cccc(F)c2)o1)C(=O)NCc1ccccc1. The summed E-state index contributed by atoms with van der Waals surface area (Å²) in [4.78, 5) is 12.2. The maximum absolute atomic E-state index is 13.3. The summed E-state index contributed by atoms with van der Waals surface area (Å²) in [6.45, 7) is 0.325. The van der Waals surface area contributed by atoms with Gasteiger partial charge in [0, 0.05) is 18.2 Å². The van der Waals surface area contributed by atoms with Crippen LogP contribution in [0, 0.1) is 17.1 Å². The molecule has 2 aromatic carbocycles. The zero-order valence-electron chi connectivity index (χ0n) is 13.8. The zero-order valence-corrected chi connectivity index (χ0v) is 13.8. The zero-order chi connectivity index (χ0) is 18.4. The standard InChI is InChI=1S/C21H15FN2O2/c22-18-8-4-7-16(11-18)20-10-9-19(26-20)12-17(13-23)21(25)24-14-15-5-2-1-3-6-15/h1-12H,14H2,(H,24,25)/b17-12-. The van der Waals surface area contributed by atoms with Gasteiger partial charge in [0.15, 0.2) is 0 Å². The number of benzene rings is 2. The maximum atomic E-state index is 13.3. The third-order valence-electron chi connectivity index (χ3n) is 3.68. The molecule has 3 aromatic rings. The second kappa shape index (κ2) is 7.95. The molecule has 5 heteroatoms. The Labute approximate surface area is 150 Å². The predicted molar refractivity (Wildman–Crippen MR) is 96.0 cm³/mol. The minimum Gasteiger partial charge on any atom is -0.457 e. The van der Waals surface area contributed by atoms with Gasteiger partial charge in [-0.2, -0.15) is 5.26 Å². The second-order valence-corrected chi connectivity index (χ2v) is 5.55. The fraction of sp³-hybridized carbons (Fsp3) is 0.0476. The summed E-state index contributed by atoms with van der Waals surface area (Å²) in [7, 11) is 0. The number of nitrogens with zero attached hydrogens (tertiary/aromatic N) is 1. The molecule has 0 atom stereocenters. The number of furan rings is 1. The molecule has 128 valence electrons. The number of rotatable bonds is 5. The van der Waals surface area contributed by atoms with Crippen molar-refractivity contribution in [2.24, 2.45) is 0 Å². The van der Waals surface area contributed by atoms with E-state index in [0.717, 1.165) is 5.56 Å². The normalized spacial score (nSPS) is 11.0. The molecule has 0 spiro atoms. The lowest BCUT2D eigenvalue weighted by Crippen LogP contribution is -2.23. The minimum absolute atomic E-state index is 0.0685. The number of carbonyl (C=O) groups excluding carboxylic acids is 1. The van der Waals surface area contributed by atoms with Gasteiger partial charge in [0.2, 0.25) is 0 Å². The van der Waals surface area contributed by atoms with Crippen LogP contribution in [0.5, 0.6) is 0 Å². The average molecular weight is 346 g/mol. The largest absolute Gasteiger partial charge is 0.457 e. The molecule has 0 unspecified atom stereocenters. The van der Waals surface area contributed by atoms with Crippen molar-refractivity contribution in [1.82, 2.24) is 5.32 Å². The van der Waals surface area contributed by atoms with E-state index in [9.17, 15) is 14.4 Å². The Morgan fingerprint density at radius 3 is 2.65 bits per heavy atom. The average Bonchev–Trinajstić information content (AvgIpc) is 3.14. The van der Waals surface area contributed by atoms with E-state index in [2.05, 4.69) is 5.32 Å². The Bertz CT molecular complexity index is 985. The lowest BCUT2D eigenvalue weighted by molar-refractivity contribution is -0.117. The van der Waals surface area contributed by atoms with Crippen LogP contribution in [0.2, 0.25) is 0 Å². The summed E-state index contributed by atoms with van der Waals surface area (Å²) in [5, 5.41) is 11.9. The van der Waals surface area contributed by atoms with Gasteiger partial charge < -0.3 is 9.73 Å². The third kappa shape index (κ3) is 4.25. The van der Waals surface area contributed by atoms with Crippen LogP contribution in [0.25, 0.3) is 17.4 Å². The molecule has 0 aliphatic heterocycles. The van der Waals surface area contributed by atoms with Crippen molar-refractivity contribution in [2.45, 2.75) is 6.54 Å². The van der Waals surface area contributed by atoms with Gasteiger partial charge in [-0.3, -0.25) is 4.79 Å². The molecule has 0 aliphatic carbocycles. The lowest BCUT2D eigenvalue weighted by Gasteiger charge is -2.03. The van der Waals surface area contributed by atoms with Gasteiger partial charge in [0.05, 0.1) is 0 Å². The molecule has 0 bridgehead atoms. The number of halogens is 1. The molecule has 0 saturated carbocycles. The van der Waals surface area contributed by atoms with Crippen LogP contribution in [0.3, 0.4) is 0 Å². The van der Waals surface area contributed by atoms with Gasteiger partial charge in [-0.05, 0) is 29.8 Å². The van der Waals surface area contributed by atoms with E-state index in [-0.39, 0.29) is 11.4 Å². The molecule has 26 heavy (non-hydrogen) atoms. The summed E-state index contributed by atoms with van der Waals surface area (Å²) < 4.78 is 18.9. The molecule has 3 rings (SSSR count). The summed E-state index contributed by atoms with van der Waals surface area (Å²) in [6.07, 6.45) is 1.36. The molecule has 1 amide bonds. The van der Waals surface area contributed by atoms with Crippen LogP contribution in [0.15, 0.2) is 76.7 Å². The highest BCUT2D eigenvalue weighted by molar-refractivity contribution is 6.01. The number of carbonyl (C=O) groups is 1. The highest BCUT2D eigenvalue weighted by atomic mass is 19.1. The first-order valence-electron chi connectivity index (χ1n) is 7.95. The first kappa shape index (κ1) is 17.2. The van der Waals surface area contributed by atoms with Crippen LogP contribution >= 0.6 is 0 Å². The van der Waals surface area contributed by atoms with Gasteiger partial charge in [-0.15, -0.1) is 0 Å².